The Kier molecular flexibility index (Phi) is 4.34. The highest BCUT2D eigenvalue weighted by molar-refractivity contribution is 5.89. The molecule has 0 aliphatic carbocycles. The Bertz CT molecular complexity index is 600. The van der Waals surface area contributed by atoms with Gasteiger partial charge in [0.05, 0.1) is 12.0 Å². The number of likely N-dealkylation sites (tertiary alicyclic amines) is 1. The monoisotopic (exact) mass is 342 g/mol. The van der Waals surface area contributed by atoms with Crippen molar-refractivity contribution in [1.82, 2.24) is 10.2 Å². The van der Waals surface area contributed by atoms with Gasteiger partial charge >= 0.3 is 6.18 Å². The highest BCUT2D eigenvalue weighted by Crippen LogP contribution is 2.41. The van der Waals surface area contributed by atoms with Crippen LogP contribution < -0.4 is 5.32 Å². The molecule has 2 aliphatic rings. The lowest BCUT2D eigenvalue weighted by atomic mass is 9.72. The van der Waals surface area contributed by atoms with Gasteiger partial charge in [0.15, 0.2) is 5.60 Å². The van der Waals surface area contributed by atoms with Crippen LogP contribution in [0.15, 0.2) is 30.3 Å². The van der Waals surface area contributed by atoms with Gasteiger partial charge in [-0.3, -0.25) is 4.79 Å². The van der Waals surface area contributed by atoms with E-state index in [0.29, 0.717) is 25.9 Å². The molecule has 7 heteroatoms. The maximum Gasteiger partial charge on any atom is 0.419 e. The molecule has 0 bridgehead atoms. The van der Waals surface area contributed by atoms with E-state index in [1.165, 1.54) is 4.90 Å². The van der Waals surface area contributed by atoms with Gasteiger partial charge in [0.1, 0.15) is 0 Å². The normalized spacial score (nSPS) is 27.2. The molecule has 2 heterocycles. The predicted molar refractivity (Wildman–Crippen MR) is 82.4 cm³/mol. The van der Waals surface area contributed by atoms with Crippen molar-refractivity contribution >= 4 is 5.91 Å². The van der Waals surface area contributed by atoms with Gasteiger partial charge in [-0.25, -0.2) is 0 Å². The van der Waals surface area contributed by atoms with Crippen molar-refractivity contribution in [3.8, 4) is 0 Å². The largest absolute Gasteiger partial charge is 0.419 e. The number of aliphatic hydroxyl groups is 1. The van der Waals surface area contributed by atoms with Gasteiger partial charge < -0.3 is 15.3 Å². The van der Waals surface area contributed by atoms with E-state index in [2.05, 4.69) is 5.32 Å². The molecule has 0 spiro atoms. The van der Waals surface area contributed by atoms with E-state index in [4.69, 9.17) is 0 Å². The Morgan fingerprint density at radius 1 is 1.12 bits per heavy atom. The minimum atomic E-state index is -4.73. The molecule has 132 valence electrons. The van der Waals surface area contributed by atoms with Gasteiger partial charge in [-0.1, -0.05) is 30.3 Å². The number of alkyl halides is 3. The van der Waals surface area contributed by atoms with Gasteiger partial charge in [-0.15, -0.1) is 0 Å². The zero-order chi connectivity index (χ0) is 17.4. The van der Waals surface area contributed by atoms with Crippen LogP contribution in [-0.2, 0) is 10.2 Å². The van der Waals surface area contributed by atoms with Crippen LogP contribution in [0.5, 0.6) is 0 Å². The van der Waals surface area contributed by atoms with Crippen LogP contribution in [0.25, 0.3) is 0 Å². The van der Waals surface area contributed by atoms with Crippen LogP contribution >= 0.6 is 0 Å². The molecule has 2 fully saturated rings. The smallest absolute Gasteiger partial charge is 0.379 e. The molecule has 24 heavy (non-hydrogen) atoms. The molecule has 0 saturated carbocycles. The van der Waals surface area contributed by atoms with Crippen LogP contribution in [0, 0.1) is 0 Å². The average Bonchev–Trinajstić information content (AvgIpc) is 2.99. The zero-order valence-electron chi connectivity index (χ0n) is 13.3. The molecule has 1 amide bonds. The highest BCUT2D eigenvalue weighted by atomic mass is 19.4. The molecule has 0 unspecified atom stereocenters. The second-order valence-corrected chi connectivity index (χ2v) is 6.70. The Labute approximate surface area is 138 Å². The first-order valence-corrected chi connectivity index (χ1v) is 8.13. The van der Waals surface area contributed by atoms with E-state index in [-0.39, 0.29) is 12.5 Å². The summed E-state index contributed by atoms with van der Waals surface area (Å²) >= 11 is 0. The van der Waals surface area contributed by atoms with E-state index in [0.717, 1.165) is 5.56 Å². The number of nitrogens with zero attached hydrogens (tertiary/aromatic N) is 1. The lowest BCUT2D eigenvalue weighted by Gasteiger charge is -2.39. The number of carbonyl (C=O) groups excluding carboxylic acids is 1. The molecule has 3 rings (SSSR count). The maximum absolute atomic E-state index is 13.2. The van der Waals surface area contributed by atoms with Crippen LogP contribution in [0.4, 0.5) is 13.2 Å². The summed E-state index contributed by atoms with van der Waals surface area (Å²) in [6.45, 7) is 0.518. The molecule has 0 aromatic heterocycles. The lowest BCUT2D eigenvalue weighted by molar-refractivity contribution is -0.253. The van der Waals surface area contributed by atoms with E-state index < -0.39 is 30.2 Å². The van der Waals surface area contributed by atoms with Crippen molar-refractivity contribution in [2.75, 3.05) is 26.2 Å². The van der Waals surface area contributed by atoms with Gasteiger partial charge in [0.25, 0.3) is 0 Å². The third kappa shape index (κ3) is 2.80. The van der Waals surface area contributed by atoms with Gasteiger partial charge in [0, 0.05) is 13.0 Å². The van der Waals surface area contributed by atoms with Crippen LogP contribution in [0.1, 0.15) is 24.8 Å². The maximum atomic E-state index is 13.2. The van der Waals surface area contributed by atoms with E-state index in [1.54, 1.807) is 0 Å². The number of hydrogen-bond acceptors (Lipinski definition) is 3. The Morgan fingerprint density at radius 2 is 1.75 bits per heavy atom. The van der Waals surface area contributed by atoms with E-state index in [1.807, 2.05) is 30.3 Å². The van der Waals surface area contributed by atoms with Crippen LogP contribution in [0.3, 0.4) is 0 Å². The standard InChI is InChI=1S/C17H21F3N2O2/c18-17(19,20)16(24)8-11-22(12-16)14(23)15(6-9-21-10-7-15)13-4-2-1-3-5-13/h1-5,21,24H,6-12H2/t16-/m1/s1. The molecule has 2 N–H and O–H groups in total. The molecular weight excluding hydrogens is 321 g/mol. The van der Waals surface area contributed by atoms with E-state index >= 15 is 0 Å². The van der Waals surface area contributed by atoms with Crippen molar-refractivity contribution in [2.24, 2.45) is 0 Å². The number of nitrogens with one attached hydrogen (secondary N) is 1. The topological polar surface area (TPSA) is 52.6 Å². The minimum Gasteiger partial charge on any atom is -0.379 e. The minimum absolute atomic E-state index is 0.0726. The first-order valence-electron chi connectivity index (χ1n) is 8.13. The summed E-state index contributed by atoms with van der Waals surface area (Å²) in [5, 5.41) is 13.1. The molecule has 1 aromatic rings. The average molecular weight is 342 g/mol. The lowest BCUT2D eigenvalue weighted by Crippen LogP contribution is -2.54. The summed E-state index contributed by atoms with van der Waals surface area (Å²) in [6.07, 6.45) is -4.12. The van der Waals surface area contributed by atoms with Crippen molar-refractivity contribution in [3.05, 3.63) is 35.9 Å². The molecule has 4 nitrogen and oxygen atoms in total. The summed E-state index contributed by atoms with van der Waals surface area (Å²) in [4.78, 5) is 14.3. The first kappa shape index (κ1) is 17.2. The second kappa shape index (κ2) is 6.04. The summed E-state index contributed by atoms with van der Waals surface area (Å²) < 4.78 is 39.1. The molecule has 0 radical (unpaired) electrons. The van der Waals surface area contributed by atoms with Crippen molar-refractivity contribution in [1.29, 1.82) is 0 Å². The fourth-order valence-electron chi connectivity index (χ4n) is 3.74. The number of β-amino-alcohol motifs (C(OH)–C–C–N with tert-alkyl or cyclic N) is 1. The molecule has 2 saturated heterocycles. The number of halogens is 3. The summed E-state index contributed by atoms with van der Waals surface area (Å²) in [5.41, 5.74) is -2.78. The van der Waals surface area contributed by atoms with Gasteiger partial charge in [0.2, 0.25) is 5.91 Å². The number of piperidine rings is 1. The third-order valence-electron chi connectivity index (χ3n) is 5.26. The number of carbonyl (C=O) groups is 1. The highest BCUT2D eigenvalue weighted by Gasteiger charge is 2.59. The summed E-state index contributed by atoms with van der Waals surface area (Å²) in [6, 6.07) is 9.23. The quantitative estimate of drug-likeness (QED) is 0.862. The Balaban J connectivity index is 1.89. The zero-order valence-corrected chi connectivity index (χ0v) is 13.3. The second-order valence-electron chi connectivity index (χ2n) is 6.70. The van der Waals surface area contributed by atoms with Crippen LogP contribution in [0.2, 0.25) is 0 Å². The Hall–Kier alpha value is -1.60. The SMILES string of the molecule is O=C(N1CC[C@](O)(C(F)(F)F)C1)C1(c2ccccc2)CCNCC1. The van der Waals surface area contributed by atoms with Crippen molar-refractivity contribution in [3.63, 3.8) is 0 Å². The van der Waals surface area contributed by atoms with Crippen molar-refractivity contribution in [2.45, 2.75) is 36.5 Å². The van der Waals surface area contributed by atoms with Gasteiger partial charge in [-0.2, -0.15) is 13.2 Å². The fraction of sp³-hybridized carbons (Fsp3) is 0.588. The first-order chi connectivity index (χ1) is 11.3. The number of benzene rings is 1. The summed E-state index contributed by atoms with van der Waals surface area (Å²) in [7, 11) is 0. The van der Waals surface area contributed by atoms with Crippen LogP contribution in [-0.4, -0.2) is 53.9 Å². The predicted octanol–water partition coefficient (Wildman–Crippen LogP) is 1.83. The number of amides is 1. The Morgan fingerprint density at radius 3 is 2.29 bits per heavy atom. The number of rotatable bonds is 2. The molecule has 2 aliphatic heterocycles. The molecule has 1 atom stereocenters. The van der Waals surface area contributed by atoms with Crippen molar-refractivity contribution < 1.29 is 23.1 Å². The molecule has 1 aromatic carbocycles. The molecular formula is C17H21F3N2O2. The van der Waals surface area contributed by atoms with E-state index in [9.17, 15) is 23.1 Å². The summed E-state index contributed by atoms with van der Waals surface area (Å²) in [5.74, 6) is -0.310. The number of hydrogen-bond donors (Lipinski definition) is 2. The fourth-order valence-corrected chi connectivity index (χ4v) is 3.74. The third-order valence-corrected chi connectivity index (χ3v) is 5.26. The van der Waals surface area contributed by atoms with Gasteiger partial charge in [-0.05, 0) is 31.5 Å².